The molecule has 88 valence electrons. The van der Waals surface area contributed by atoms with Gasteiger partial charge in [-0.1, -0.05) is 15.9 Å². The monoisotopic (exact) mass is 280 g/mol. The molecule has 0 bridgehead atoms. The van der Waals surface area contributed by atoms with Crippen LogP contribution < -0.4 is 5.43 Å². The van der Waals surface area contributed by atoms with E-state index in [0.29, 0.717) is 6.54 Å². The van der Waals surface area contributed by atoms with Crippen LogP contribution >= 0.6 is 15.9 Å². The number of ether oxygens (including phenoxy) is 1. The van der Waals surface area contributed by atoms with Crippen molar-refractivity contribution in [3.63, 3.8) is 0 Å². The smallest absolute Gasteiger partial charge is 0.429 e. The average molecular weight is 281 g/mol. The molecule has 0 radical (unpaired) electrons. The third kappa shape index (κ3) is 6.33. The van der Waals surface area contributed by atoms with Gasteiger partial charge in [0, 0.05) is 6.54 Å². The second-order valence-electron chi connectivity index (χ2n) is 3.89. The van der Waals surface area contributed by atoms with E-state index in [1.807, 2.05) is 0 Å². The number of hydrogen-bond donors (Lipinski definition) is 1. The Hall–Kier alpha value is -0.780. The van der Waals surface area contributed by atoms with Gasteiger partial charge in [0.1, 0.15) is 5.60 Å². The van der Waals surface area contributed by atoms with Crippen LogP contribution in [-0.2, 0) is 9.53 Å². The second kappa shape index (κ2) is 5.95. The average Bonchev–Trinajstić information content (AvgIpc) is 2.10. The number of hydrogen-bond acceptors (Lipinski definition) is 3. The highest BCUT2D eigenvalue weighted by molar-refractivity contribution is 9.09. The molecule has 0 atom stereocenters. The largest absolute Gasteiger partial charge is 0.442 e. The van der Waals surface area contributed by atoms with Crippen LogP contribution in [0.5, 0.6) is 0 Å². The summed E-state index contributed by atoms with van der Waals surface area (Å²) in [7, 11) is 0. The van der Waals surface area contributed by atoms with E-state index in [1.165, 1.54) is 0 Å². The molecule has 0 heterocycles. The number of rotatable bonds is 2. The van der Waals surface area contributed by atoms with Crippen molar-refractivity contribution < 1.29 is 14.3 Å². The second-order valence-corrected chi connectivity index (χ2v) is 4.45. The van der Waals surface area contributed by atoms with Gasteiger partial charge in [-0.2, -0.15) is 0 Å². The number of nitrogens with one attached hydrogen (secondary N) is 1. The van der Waals surface area contributed by atoms with Crippen molar-refractivity contribution in [2.24, 2.45) is 0 Å². The highest BCUT2D eigenvalue weighted by atomic mass is 79.9. The molecule has 1 N–H and O–H groups in total. The minimum Gasteiger partial charge on any atom is -0.442 e. The summed E-state index contributed by atoms with van der Waals surface area (Å²) in [5, 5.41) is 1.28. The van der Waals surface area contributed by atoms with E-state index in [1.54, 1.807) is 27.7 Å². The van der Waals surface area contributed by atoms with Crippen molar-refractivity contribution >= 4 is 27.9 Å². The summed E-state index contributed by atoms with van der Waals surface area (Å²) in [4.78, 5) is 22.6. The Labute approximate surface area is 98.2 Å². The third-order valence-corrected chi connectivity index (χ3v) is 1.82. The van der Waals surface area contributed by atoms with Crippen molar-refractivity contribution in [3.05, 3.63) is 0 Å². The topological polar surface area (TPSA) is 58.6 Å². The molecule has 0 aliphatic heterocycles. The Kier molecular flexibility index (Phi) is 5.64. The number of nitrogens with zero attached hydrogens (tertiary/aromatic N) is 1. The maximum absolute atomic E-state index is 11.5. The zero-order chi connectivity index (χ0) is 12.1. The Morgan fingerprint density at radius 3 is 2.27 bits per heavy atom. The molecule has 0 aromatic rings. The van der Waals surface area contributed by atoms with E-state index < -0.39 is 11.7 Å². The molecule has 15 heavy (non-hydrogen) atoms. The zero-order valence-corrected chi connectivity index (χ0v) is 11.1. The van der Waals surface area contributed by atoms with Gasteiger partial charge in [-0.05, 0) is 27.7 Å². The number of alkyl halides is 1. The predicted molar refractivity (Wildman–Crippen MR) is 60.6 cm³/mol. The number of hydrazine groups is 1. The van der Waals surface area contributed by atoms with Gasteiger partial charge in [-0.25, -0.2) is 9.80 Å². The van der Waals surface area contributed by atoms with E-state index in [2.05, 4.69) is 21.4 Å². The van der Waals surface area contributed by atoms with Crippen molar-refractivity contribution in [3.8, 4) is 0 Å². The molecule has 6 heteroatoms. The van der Waals surface area contributed by atoms with E-state index in [9.17, 15) is 9.59 Å². The number of amides is 2. The van der Waals surface area contributed by atoms with Crippen LogP contribution in [0.1, 0.15) is 27.7 Å². The summed E-state index contributed by atoms with van der Waals surface area (Å²) < 4.78 is 5.09. The molecule has 0 saturated heterocycles. The van der Waals surface area contributed by atoms with E-state index >= 15 is 0 Å². The normalized spacial score (nSPS) is 10.7. The van der Waals surface area contributed by atoms with Gasteiger partial charge in [0.25, 0.3) is 0 Å². The summed E-state index contributed by atoms with van der Waals surface area (Å²) in [5.41, 5.74) is 1.85. The summed E-state index contributed by atoms with van der Waals surface area (Å²) in [6.07, 6.45) is -0.556. The Morgan fingerprint density at radius 2 is 1.93 bits per heavy atom. The Morgan fingerprint density at radius 1 is 1.40 bits per heavy atom. The molecule has 0 rings (SSSR count). The van der Waals surface area contributed by atoms with Crippen LogP contribution in [0.15, 0.2) is 0 Å². The van der Waals surface area contributed by atoms with E-state index in [4.69, 9.17) is 4.74 Å². The first-order valence-electron chi connectivity index (χ1n) is 4.66. The maximum Gasteiger partial charge on any atom is 0.429 e. The maximum atomic E-state index is 11.5. The van der Waals surface area contributed by atoms with Crippen LogP contribution in [0.3, 0.4) is 0 Å². The van der Waals surface area contributed by atoms with Gasteiger partial charge < -0.3 is 4.74 Å². The van der Waals surface area contributed by atoms with Gasteiger partial charge in [-0.15, -0.1) is 0 Å². The first-order chi connectivity index (χ1) is 6.80. The lowest BCUT2D eigenvalue weighted by Crippen LogP contribution is -2.48. The zero-order valence-electron chi connectivity index (χ0n) is 9.46. The summed E-state index contributed by atoms with van der Waals surface area (Å²) in [5.74, 6) is -0.289. The van der Waals surface area contributed by atoms with Gasteiger partial charge in [0.2, 0.25) is 5.91 Å². The van der Waals surface area contributed by atoms with Crippen LogP contribution in [0.4, 0.5) is 4.79 Å². The summed E-state index contributed by atoms with van der Waals surface area (Å²) in [6.45, 7) is 7.41. The molecule has 5 nitrogen and oxygen atoms in total. The Balaban J connectivity index is 4.29. The van der Waals surface area contributed by atoms with Crippen LogP contribution in [0.25, 0.3) is 0 Å². The van der Waals surface area contributed by atoms with Crippen molar-refractivity contribution in [1.29, 1.82) is 0 Å². The van der Waals surface area contributed by atoms with E-state index in [0.717, 1.165) is 5.01 Å². The number of carbonyl (C=O) groups excluding carboxylic acids is 2. The lowest BCUT2D eigenvalue weighted by atomic mass is 10.2. The van der Waals surface area contributed by atoms with Crippen LogP contribution in [0.2, 0.25) is 0 Å². The van der Waals surface area contributed by atoms with Gasteiger partial charge in [0.15, 0.2) is 0 Å². The minimum atomic E-state index is -0.566. The van der Waals surface area contributed by atoms with Crippen LogP contribution in [0, 0.1) is 0 Å². The fourth-order valence-corrected chi connectivity index (χ4v) is 0.877. The minimum absolute atomic E-state index is 0.145. The molecule has 0 unspecified atom stereocenters. The molecule has 0 fully saturated rings. The first-order valence-corrected chi connectivity index (χ1v) is 5.78. The molecule has 0 aromatic carbocycles. The lowest BCUT2D eigenvalue weighted by molar-refractivity contribution is -0.123. The molecular formula is C9H17BrN2O3. The first kappa shape index (κ1) is 14.2. The molecule has 2 amide bonds. The number of halogens is 1. The predicted octanol–water partition coefficient (Wildman–Crippen LogP) is 1.67. The fourth-order valence-electron chi connectivity index (χ4n) is 0.751. The quantitative estimate of drug-likeness (QED) is 0.618. The van der Waals surface area contributed by atoms with E-state index in [-0.39, 0.29) is 11.2 Å². The van der Waals surface area contributed by atoms with Gasteiger partial charge >= 0.3 is 6.09 Å². The molecular weight excluding hydrogens is 264 g/mol. The van der Waals surface area contributed by atoms with Crippen LogP contribution in [-0.4, -0.2) is 34.5 Å². The Bertz CT molecular complexity index is 238. The van der Waals surface area contributed by atoms with Crippen molar-refractivity contribution in [2.45, 2.75) is 33.3 Å². The molecule has 0 aliphatic rings. The fraction of sp³-hybridized carbons (Fsp3) is 0.778. The summed E-state index contributed by atoms with van der Waals surface area (Å²) >= 11 is 2.99. The van der Waals surface area contributed by atoms with Crippen molar-refractivity contribution in [2.75, 3.05) is 11.9 Å². The standard InChI is InChI=1S/C9H17BrN2O3/c1-5-12(11-7(13)6-10)8(14)15-9(2,3)4/h5-6H2,1-4H3,(H,11,13). The highest BCUT2D eigenvalue weighted by Gasteiger charge is 2.21. The lowest BCUT2D eigenvalue weighted by Gasteiger charge is -2.26. The SMILES string of the molecule is CCN(NC(=O)CBr)C(=O)OC(C)(C)C. The molecule has 0 saturated carbocycles. The number of carbonyl (C=O) groups is 2. The highest BCUT2D eigenvalue weighted by Crippen LogP contribution is 2.08. The molecule has 0 aliphatic carbocycles. The summed E-state index contributed by atoms with van der Waals surface area (Å²) in [6, 6.07) is 0. The molecule has 0 spiro atoms. The molecule has 0 aromatic heterocycles. The van der Waals surface area contributed by atoms with Gasteiger partial charge in [-0.3, -0.25) is 10.2 Å². The van der Waals surface area contributed by atoms with Crippen molar-refractivity contribution in [1.82, 2.24) is 10.4 Å². The third-order valence-electron chi connectivity index (χ3n) is 1.31. The van der Waals surface area contributed by atoms with Gasteiger partial charge in [0.05, 0.1) is 5.33 Å².